The highest BCUT2D eigenvalue weighted by Crippen LogP contribution is 2.45. The average Bonchev–Trinajstić information content (AvgIpc) is 3.02. The zero-order valence-corrected chi connectivity index (χ0v) is 16.6. The van der Waals surface area contributed by atoms with E-state index in [1.54, 1.807) is 4.90 Å². The van der Waals surface area contributed by atoms with Crippen molar-refractivity contribution in [3.05, 3.63) is 34.9 Å². The van der Waals surface area contributed by atoms with E-state index < -0.39 is 6.04 Å². The van der Waals surface area contributed by atoms with Crippen LogP contribution in [0.5, 0.6) is 0 Å². The van der Waals surface area contributed by atoms with Crippen LogP contribution in [0.4, 0.5) is 0 Å². The van der Waals surface area contributed by atoms with Gasteiger partial charge in [0, 0.05) is 37.7 Å². The van der Waals surface area contributed by atoms with Crippen LogP contribution in [0, 0.1) is 5.41 Å². The fourth-order valence-electron chi connectivity index (χ4n) is 5.56. The van der Waals surface area contributed by atoms with E-state index >= 15 is 0 Å². The number of benzene rings is 1. The van der Waals surface area contributed by atoms with Crippen molar-refractivity contribution in [2.24, 2.45) is 5.41 Å². The van der Waals surface area contributed by atoms with Crippen LogP contribution in [0.2, 0.25) is 0 Å². The van der Waals surface area contributed by atoms with Crippen molar-refractivity contribution in [3.8, 4) is 0 Å². The summed E-state index contributed by atoms with van der Waals surface area (Å²) >= 11 is 0. The molecule has 0 aromatic heterocycles. The van der Waals surface area contributed by atoms with Crippen molar-refractivity contribution in [3.63, 3.8) is 0 Å². The number of fused-ring (bicyclic) bond motifs is 1. The maximum Gasteiger partial charge on any atom is 0.255 e. The number of nitrogens with one attached hydrogen (secondary N) is 3. The first-order chi connectivity index (χ1) is 14.1. The summed E-state index contributed by atoms with van der Waals surface area (Å²) < 4.78 is 0. The number of piperidine rings is 2. The largest absolute Gasteiger partial charge is 0.322 e. The van der Waals surface area contributed by atoms with E-state index in [4.69, 9.17) is 0 Å². The minimum absolute atomic E-state index is 0.0874. The Labute approximate surface area is 170 Å². The molecule has 5 rings (SSSR count). The number of carbonyl (C=O) groups excluding carboxylic acids is 3. The fraction of sp³-hybridized carbons (Fsp3) is 0.591. The van der Waals surface area contributed by atoms with Crippen molar-refractivity contribution in [1.82, 2.24) is 20.9 Å². The smallest absolute Gasteiger partial charge is 0.255 e. The van der Waals surface area contributed by atoms with E-state index in [1.165, 1.54) is 19.3 Å². The molecular weight excluding hydrogens is 368 g/mol. The molecule has 1 aromatic rings. The number of hydrogen-bond donors (Lipinski definition) is 3. The highest BCUT2D eigenvalue weighted by Gasteiger charge is 2.45. The van der Waals surface area contributed by atoms with Gasteiger partial charge in [-0.15, -0.1) is 0 Å². The highest BCUT2D eigenvalue weighted by molar-refractivity contribution is 6.05. The second-order valence-corrected chi connectivity index (χ2v) is 8.97. The molecule has 2 atom stereocenters. The van der Waals surface area contributed by atoms with Gasteiger partial charge in [0.15, 0.2) is 0 Å². The van der Waals surface area contributed by atoms with Crippen molar-refractivity contribution >= 4 is 17.7 Å². The van der Waals surface area contributed by atoms with Gasteiger partial charge in [-0.1, -0.05) is 24.6 Å². The second kappa shape index (κ2) is 7.22. The summed E-state index contributed by atoms with van der Waals surface area (Å²) in [6, 6.07) is 5.91. The van der Waals surface area contributed by atoms with Crippen LogP contribution in [0.1, 0.15) is 60.0 Å². The molecule has 0 radical (unpaired) electrons. The average molecular weight is 396 g/mol. The predicted molar refractivity (Wildman–Crippen MR) is 107 cm³/mol. The van der Waals surface area contributed by atoms with Gasteiger partial charge in [0.1, 0.15) is 6.04 Å². The van der Waals surface area contributed by atoms with Crippen molar-refractivity contribution in [2.75, 3.05) is 13.1 Å². The third-order valence-corrected chi connectivity index (χ3v) is 7.35. The molecule has 1 saturated carbocycles. The van der Waals surface area contributed by atoms with Crippen LogP contribution in [-0.2, 0) is 22.7 Å². The summed E-state index contributed by atoms with van der Waals surface area (Å²) in [5.74, 6) is -0.702. The maximum atomic E-state index is 13.2. The highest BCUT2D eigenvalue weighted by atomic mass is 16.2. The third kappa shape index (κ3) is 3.16. The molecule has 3 heterocycles. The molecule has 1 aromatic carbocycles. The minimum Gasteiger partial charge on any atom is -0.322 e. The minimum atomic E-state index is -0.559. The number of imide groups is 1. The second-order valence-electron chi connectivity index (χ2n) is 8.97. The van der Waals surface area contributed by atoms with E-state index in [9.17, 15) is 14.4 Å². The number of rotatable bonds is 4. The molecule has 154 valence electrons. The molecule has 3 amide bonds. The molecule has 3 fully saturated rings. The van der Waals surface area contributed by atoms with Crippen LogP contribution in [-0.4, -0.2) is 47.8 Å². The first kappa shape index (κ1) is 18.8. The summed E-state index contributed by atoms with van der Waals surface area (Å²) in [5, 5.41) is 9.66. The number of carbonyl (C=O) groups is 3. The zero-order chi connectivity index (χ0) is 20.0. The standard InChI is InChI=1S/C22H28N4O3/c27-18-6-5-16(20(28)25-18)26-12-15-4-1-3-14(19(15)21(26)29)11-24-17-7-10-23-13-22(17)8-2-9-22/h1,3-4,16-17,23-24H,2,5-13H2,(H,25,27,28). The Morgan fingerprint density at radius 1 is 1.17 bits per heavy atom. The Morgan fingerprint density at radius 3 is 2.79 bits per heavy atom. The topological polar surface area (TPSA) is 90.5 Å². The Balaban J connectivity index is 1.32. The lowest BCUT2D eigenvalue weighted by Gasteiger charge is -2.51. The molecule has 3 N–H and O–H groups in total. The molecule has 29 heavy (non-hydrogen) atoms. The maximum absolute atomic E-state index is 13.2. The van der Waals surface area contributed by atoms with Gasteiger partial charge < -0.3 is 15.5 Å². The van der Waals surface area contributed by atoms with E-state index in [2.05, 4.69) is 16.0 Å². The molecule has 4 aliphatic rings. The first-order valence-electron chi connectivity index (χ1n) is 10.8. The lowest BCUT2D eigenvalue weighted by molar-refractivity contribution is -0.136. The van der Waals surface area contributed by atoms with E-state index in [1.807, 2.05) is 18.2 Å². The monoisotopic (exact) mass is 396 g/mol. The summed E-state index contributed by atoms with van der Waals surface area (Å²) in [6.45, 7) is 3.23. The number of nitrogens with zero attached hydrogens (tertiary/aromatic N) is 1. The molecule has 2 saturated heterocycles. The Bertz CT molecular complexity index is 864. The van der Waals surface area contributed by atoms with Crippen LogP contribution in [0.3, 0.4) is 0 Å². The summed E-state index contributed by atoms with van der Waals surface area (Å²) in [5.41, 5.74) is 3.10. The Kier molecular flexibility index (Phi) is 4.67. The summed E-state index contributed by atoms with van der Waals surface area (Å²) in [4.78, 5) is 38.6. The van der Waals surface area contributed by atoms with Crippen LogP contribution in [0.25, 0.3) is 0 Å². The van der Waals surface area contributed by atoms with Gasteiger partial charge in [-0.3, -0.25) is 19.7 Å². The van der Waals surface area contributed by atoms with Gasteiger partial charge in [-0.05, 0) is 48.8 Å². The molecular formula is C22H28N4O3. The van der Waals surface area contributed by atoms with E-state index in [0.29, 0.717) is 31.0 Å². The zero-order valence-electron chi connectivity index (χ0n) is 16.6. The van der Waals surface area contributed by atoms with Crippen molar-refractivity contribution in [1.29, 1.82) is 0 Å². The van der Waals surface area contributed by atoms with Crippen molar-refractivity contribution in [2.45, 2.75) is 63.7 Å². The molecule has 2 unspecified atom stereocenters. The Morgan fingerprint density at radius 2 is 2.03 bits per heavy atom. The van der Waals surface area contributed by atoms with Crippen LogP contribution < -0.4 is 16.0 Å². The fourth-order valence-corrected chi connectivity index (χ4v) is 5.56. The number of hydrogen-bond acceptors (Lipinski definition) is 5. The van der Waals surface area contributed by atoms with Gasteiger partial charge in [-0.2, -0.15) is 0 Å². The van der Waals surface area contributed by atoms with Crippen LogP contribution in [0.15, 0.2) is 18.2 Å². The van der Waals surface area contributed by atoms with E-state index in [-0.39, 0.29) is 24.1 Å². The Hall–Kier alpha value is -2.25. The number of amides is 3. The molecule has 1 spiro atoms. The lowest BCUT2D eigenvalue weighted by Crippen LogP contribution is -2.58. The molecule has 7 nitrogen and oxygen atoms in total. The quantitative estimate of drug-likeness (QED) is 0.663. The predicted octanol–water partition coefficient (Wildman–Crippen LogP) is 1.07. The molecule has 1 aliphatic carbocycles. The normalized spacial score (nSPS) is 28.3. The molecule has 0 bridgehead atoms. The summed E-state index contributed by atoms with van der Waals surface area (Å²) in [7, 11) is 0. The first-order valence-corrected chi connectivity index (χ1v) is 10.8. The van der Waals surface area contributed by atoms with Gasteiger partial charge in [0.05, 0.1) is 0 Å². The van der Waals surface area contributed by atoms with E-state index in [0.717, 1.165) is 36.2 Å². The van der Waals surface area contributed by atoms with Gasteiger partial charge in [-0.25, -0.2) is 0 Å². The third-order valence-electron chi connectivity index (χ3n) is 7.35. The van der Waals surface area contributed by atoms with Gasteiger partial charge in [0.25, 0.3) is 5.91 Å². The SMILES string of the molecule is O=C1CCC(N2Cc3cccc(CNC4CCNCC45CCC5)c3C2=O)C(=O)N1. The van der Waals surface area contributed by atoms with Crippen LogP contribution >= 0.6 is 0 Å². The molecule has 3 aliphatic heterocycles. The van der Waals surface area contributed by atoms with Gasteiger partial charge >= 0.3 is 0 Å². The summed E-state index contributed by atoms with van der Waals surface area (Å²) in [6.07, 6.45) is 5.64. The lowest BCUT2D eigenvalue weighted by atomic mass is 9.62. The van der Waals surface area contributed by atoms with Crippen molar-refractivity contribution < 1.29 is 14.4 Å². The van der Waals surface area contributed by atoms with Gasteiger partial charge in [0.2, 0.25) is 11.8 Å². The molecule has 7 heteroatoms.